The van der Waals surface area contributed by atoms with Crippen LogP contribution in [0.25, 0.3) is 0 Å². The van der Waals surface area contributed by atoms with Crippen molar-refractivity contribution >= 4 is 5.78 Å². The van der Waals surface area contributed by atoms with Crippen LogP contribution in [0.3, 0.4) is 0 Å². The van der Waals surface area contributed by atoms with E-state index in [4.69, 9.17) is 5.73 Å². The predicted octanol–water partition coefficient (Wildman–Crippen LogP) is 2.87. The van der Waals surface area contributed by atoms with E-state index in [-0.39, 0.29) is 12.0 Å². The highest BCUT2D eigenvalue weighted by molar-refractivity contribution is 5.83. The molecule has 1 fully saturated rings. The molecule has 2 N–H and O–H groups in total. The molecule has 2 unspecified atom stereocenters. The minimum atomic E-state index is 0.150. The SMILES string of the molecule is CCC(CC)n1ccc(CC(=O)C2CCCC(N)C2)n1. The molecule has 0 aromatic carbocycles. The number of nitrogens with zero attached hydrogens (tertiary/aromatic N) is 2. The van der Waals surface area contributed by atoms with Gasteiger partial charge in [-0.05, 0) is 38.2 Å². The zero-order valence-electron chi connectivity index (χ0n) is 12.7. The van der Waals surface area contributed by atoms with Crippen LogP contribution in [0.4, 0.5) is 0 Å². The van der Waals surface area contributed by atoms with Crippen LogP contribution >= 0.6 is 0 Å². The van der Waals surface area contributed by atoms with Crippen molar-refractivity contribution in [3.8, 4) is 0 Å². The van der Waals surface area contributed by atoms with E-state index in [0.29, 0.717) is 18.2 Å². The monoisotopic (exact) mass is 277 g/mol. The fourth-order valence-electron chi connectivity index (χ4n) is 3.18. The van der Waals surface area contributed by atoms with Crippen LogP contribution in [0.5, 0.6) is 0 Å². The molecule has 1 saturated carbocycles. The Morgan fingerprint density at radius 1 is 1.45 bits per heavy atom. The number of aromatic nitrogens is 2. The topological polar surface area (TPSA) is 60.9 Å². The molecule has 0 spiro atoms. The molecule has 2 atom stereocenters. The molecule has 20 heavy (non-hydrogen) atoms. The van der Waals surface area contributed by atoms with Gasteiger partial charge in [0.1, 0.15) is 5.78 Å². The van der Waals surface area contributed by atoms with Crippen molar-refractivity contribution in [3.05, 3.63) is 18.0 Å². The Bertz CT molecular complexity index is 437. The third-order valence-corrected chi connectivity index (χ3v) is 4.51. The van der Waals surface area contributed by atoms with Gasteiger partial charge in [-0.25, -0.2) is 0 Å². The second kappa shape index (κ2) is 7.02. The fraction of sp³-hybridized carbons (Fsp3) is 0.750. The van der Waals surface area contributed by atoms with E-state index < -0.39 is 0 Å². The lowest BCUT2D eigenvalue weighted by Gasteiger charge is -2.25. The van der Waals surface area contributed by atoms with E-state index in [1.807, 2.05) is 16.9 Å². The number of hydrogen-bond acceptors (Lipinski definition) is 3. The Morgan fingerprint density at radius 2 is 2.20 bits per heavy atom. The molecule has 1 heterocycles. The van der Waals surface area contributed by atoms with Crippen molar-refractivity contribution in [2.75, 3.05) is 0 Å². The van der Waals surface area contributed by atoms with Crippen molar-refractivity contribution in [3.63, 3.8) is 0 Å². The van der Waals surface area contributed by atoms with Crippen LogP contribution in [0.1, 0.15) is 64.1 Å². The summed E-state index contributed by atoms with van der Waals surface area (Å²) in [5.74, 6) is 0.465. The van der Waals surface area contributed by atoms with Gasteiger partial charge in [0, 0.05) is 18.2 Å². The van der Waals surface area contributed by atoms with Gasteiger partial charge < -0.3 is 5.73 Å². The molecule has 0 amide bonds. The molecule has 0 radical (unpaired) electrons. The Morgan fingerprint density at radius 3 is 2.85 bits per heavy atom. The van der Waals surface area contributed by atoms with Gasteiger partial charge in [0.25, 0.3) is 0 Å². The van der Waals surface area contributed by atoms with Gasteiger partial charge in [-0.1, -0.05) is 20.3 Å². The molecule has 2 rings (SSSR count). The number of ketones is 1. The molecule has 0 saturated heterocycles. The zero-order valence-corrected chi connectivity index (χ0v) is 12.7. The summed E-state index contributed by atoms with van der Waals surface area (Å²) >= 11 is 0. The first kappa shape index (κ1) is 15.2. The van der Waals surface area contributed by atoms with Gasteiger partial charge in [-0.3, -0.25) is 9.48 Å². The Hall–Kier alpha value is -1.16. The molecule has 1 aromatic heterocycles. The summed E-state index contributed by atoms with van der Waals surface area (Å²) in [6.07, 6.45) is 8.61. The number of rotatable bonds is 6. The van der Waals surface area contributed by atoms with Crippen LogP contribution < -0.4 is 5.73 Å². The lowest BCUT2D eigenvalue weighted by molar-refractivity contribution is -0.123. The summed E-state index contributed by atoms with van der Waals surface area (Å²) in [6, 6.07) is 2.64. The number of carbonyl (C=O) groups is 1. The van der Waals surface area contributed by atoms with Crippen molar-refractivity contribution in [1.29, 1.82) is 0 Å². The molecule has 112 valence electrons. The van der Waals surface area contributed by atoms with Gasteiger partial charge >= 0.3 is 0 Å². The second-order valence-electron chi connectivity index (χ2n) is 6.02. The molecular formula is C16H27N3O. The van der Waals surface area contributed by atoms with Crippen molar-refractivity contribution in [1.82, 2.24) is 9.78 Å². The van der Waals surface area contributed by atoms with Crippen LogP contribution in [0.15, 0.2) is 12.3 Å². The van der Waals surface area contributed by atoms with Crippen molar-refractivity contribution in [2.24, 2.45) is 11.7 Å². The molecule has 0 aliphatic heterocycles. The Kier molecular flexibility index (Phi) is 5.35. The summed E-state index contributed by atoms with van der Waals surface area (Å²) in [6.45, 7) is 4.34. The number of Topliss-reactive ketones (excluding diaryl/α,β-unsaturated/α-hetero) is 1. The molecule has 1 aromatic rings. The second-order valence-corrected chi connectivity index (χ2v) is 6.02. The molecular weight excluding hydrogens is 250 g/mol. The maximum absolute atomic E-state index is 12.3. The lowest BCUT2D eigenvalue weighted by atomic mass is 9.82. The fourth-order valence-corrected chi connectivity index (χ4v) is 3.18. The lowest BCUT2D eigenvalue weighted by Crippen LogP contribution is -2.32. The summed E-state index contributed by atoms with van der Waals surface area (Å²) in [7, 11) is 0. The van der Waals surface area contributed by atoms with Gasteiger partial charge in [0.2, 0.25) is 0 Å². The van der Waals surface area contributed by atoms with E-state index in [0.717, 1.165) is 44.2 Å². The molecule has 0 bridgehead atoms. The largest absolute Gasteiger partial charge is 0.328 e. The molecule has 4 nitrogen and oxygen atoms in total. The van der Waals surface area contributed by atoms with E-state index in [1.165, 1.54) is 0 Å². The van der Waals surface area contributed by atoms with E-state index in [2.05, 4.69) is 18.9 Å². The highest BCUT2D eigenvalue weighted by Gasteiger charge is 2.25. The third kappa shape index (κ3) is 3.69. The van der Waals surface area contributed by atoms with Gasteiger partial charge in [0.05, 0.1) is 18.2 Å². The van der Waals surface area contributed by atoms with E-state index in [9.17, 15) is 4.79 Å². The number of carbonyl (C=O) groups excluding carboxylic acids is 1. The highest BCUT2D eigenvalue weighted by Crippen LogP contribution is 2.25. The zero-order chi connectivity index (χ0) is 14.5. The summed E-state index contributed by atoms with van der Waals surface area (Å²) in [5.41, 5.74) is 6.87. The Labute approximate surface area is 121 Å². The average molecular weight is 277 g/mol. The van der Waals surface area contributed by atoms with Crippen molar-refractivity contribution < 1.29 is 4.79 Å². The van der Waals surface area contributed by atoms with Crippen LogP contribution in [-0.2, 0) is 11.2 Å². The quantitative estimate of drug-likeness (QED) is 0.869. The first-order chi connectivity index (χ1) is 9.63. The van der Waals surface area contributed by atoms with Crippen LogP contribution in [-0.4, -0.2) is 21.6 Å². The standard InChI is InChI=1S/C16H27N3O/c1-3-15(4-2)19-9-8-14(18-19)11-16(20)12-6-5-7-13(17)10-12/h8-9,12-13,15H,3-7,10-11,17H2,1-2H3. The van der Waals surface area contributed by atoms with E-state index in [1.54, 1.807) is 0 Å². The number of nitrogens with two attached hydrogens (primary N) is 1. The average Bonchev–Trinajstić information content (AvgIpc) is 2.88. The number of hydrogen-bond donors (Lipinski definition) is 1. The van der Waals surface area contributed by atoms with Gasteiger partial charge in [-0.15, -0.1) is 0 Å². The maximum Gasteiger partial charge on any atom is 0.142 e. The van der Waals surface area contributed by atoms with E-state index >= 15 is 0 Å². The minimum absolute atomic E-state index is 0.150. The summed E-state index contributed by atoms with van der Waals surface area (Å²) in [5, 5.41) is 4.57. The van der Waals surface area contributed by atoms with Gasteiger partial charge in [-0.2, -0.15) is 5.10 Å². The first-order valence-electron chi connectivity index (χ1n) is 7.96. The van der Waals surface area contributed by atoms with Gasteiger partial charge in [0.15, 0.2) is 0 Å². The third-order valence-electron chi connectivity index (χ3n) is 4.51. The summed E-state index contributed by atoms with van der Waals surface area (Å²) < 4.78 is 2.01. The summed E-state index contributed by atoms with van der Waals surface area (Å²) in [4.78, 5) is 12.3. The predicted molar refractivity (Wildman–Crippen MR) is 80.5 cm³/mol. The molecule has 1 aliphatic rings. The van der Waals surface area contributed by atoms with Crippen LogP contribution in [0.2, 0.25) is 0 Å². The van der Waals surface area contributed by atoms with Crippen molar-refractivity contribution in [2.45, 2.75) is 70.9 Å². The highest BCUT2D eigenvalue weighted by atomic mass is 16.1. The minimum Gasteiger partial charge on any atom is -0.328 e. The van der Waals surface area contributed by atoms with Crippen LogP contribution in [0, 0.1) is 5.92 Å². The smallest absolute Gasteiger partial charge is 0.142 e. The molecule has 4 heteroatoms. The maximum atomic E-state index is 12.3. The molecule has 1 aliphatic carbocycles. The normalized spacial score (nSPS) is 23.2. The first-order valence-corrected chi connectivity index (χ1v) is 7.96. The Balaban J connectivity index is 1.94.